The molecule has 0 spiro atoms. The maximum Gasteiger partial charge on any atom is 0.167 e. The molecule has 2 nitrogen and oxygen atoms in total. The van der Waals surface area contributed by atoms with Crippen LogP contribution in [0.4, 0.5) is 0 Å². The molecular weight excluding hydrogens is 316 g/mol. The quantitative estimate of drug-likeness (QED) is 0.784. The number of alkyl halides is 1. The smallest absolute Gasteiger partial charge is 0.167 e. The minimum atomic E-state index is -3.18. The molecule has 22 heavy (non-hydrogen) atoms. The van der Waals surface area contributed by atoms with Crippen molar-refractivity contribution in [3.8, 4) is 0 Å². The Morgan fingerprint density at radius 3 is 1.68 bits per heavy atom. The van der Waals surface area contributed by atoms with Gasteiger partial charge in [0.05, 0.1) is 5.75 Å². The van der Waals surface area contributed by atoms with Gasteiger partial charge in [-0.15, -0.1) is 11.6 Å². The van der Waals surface area contributed by atoms with Crippen LogP contribution in [0, 0.1) is 11.8 Å². The summed E-state index contributed by atoms with van der Waals surface area (Å²) in [6, 6.07) is 20.4. The zero-order chi connectivity index (χ0) is 15.3. The second-order valence-corrected chi connectivity index (χ2v) is 9.19. The molecule has 2 unspecified atom stereocenters. The summed E-state index contributed by atoms with van der Waals surface area (Å²) in [6.45, 7) is 0. The van der Waals surface area contributed by atoms with Crippen LogP contribution in [-0.4, -0.2) is 18.9 Å². The molecule has 0 aromatic heterocycles. The monoisotopic (exact) mass is 332 g/mol. The summed E-state index contributed by atoms with van der Waals surface area (Å²) in [5, 5.41) is 0. The number of benzene rings is 2. The first-order valence-electron chi connectivity index (χ1n) is 7.55. The summed E-state index contributed by atoms with van der Waals surface area (Å²) in [5.41, 5.74) is 2.43. The first-order chi connectivity index (χ1) is 10.6. The van der Waals surface area contributed by atoms with Gasteiger partial charge in [0.15, 0.2) is 9.84 Å². The molecule has 2 bridgehead atoms. The molecule has 0 N–H and O–H groups in total. The maximum absolute atomic E-state index is 12.2. The van der Waals surface area contributed by atoms with E-state index in [0.717, 1.165) is 0 Å². The van der Waals surface area contributed by atoms with E-state index in [2.05, 4.69) is 24.3 Å². The lowest BCUT2D eigenvalue weighted by Crippen LogP contribution is -2.58. The van der Waals surface area contributed by atoms with Gasteiger partial charge in [0.2, 0.25) is 0 Å². The summed E-state index contributed by atoms with van der Waals surface area (Å²) in [6.07, 6.45) is 0. The van der Waals surface area contributed by atoms with E-state index >= 15 is 0 Å². The highest BCUT2D eigenvalue weighted by molar-refractivity contribution is 7.93. The summed E-state index contributed by atoms with van der Waals surface area (Å²) in [4.78, 5) is 0. The van der Waals surface area contributed by atoms with E-state index in [1.807, 2.05) is 36.4 Å². The topological polar surface area (TPSA) is 34.1 Å². The zero-order valence-electron chi connectivity index (χ0n) is 12.0. The Kier molecular flexibility index (Phi) is 3.31. The first-order valence-corrected chi connectivity index (χ1v) is 9.70. The summed E-state index contributed by atoms with van der Waals surface area (Å²) in [7, 11) is -3.18. The van der Waals surface area contributed by atoms with Crippen LogP contribution >= 0.6 is 11.6 Å². The fourth-order valence-corrected chi connectivity index (χ4v) is 6.78. The number of hydrogen-bond donors (Lipinski definition) is 0. The van der Waals surface area contributed by atoms with Crippen LogP contribution in [0.3, 0.4) is 0 Å². The van der Waals surface area contributed by atoms with Crippen molar-refractivity contribution in [2.45, 2.75) is 16.5 Å². The Labute approximate surface area is 136 Å². The van der Waals surface area contributed by atoms with E-state index in [0.29, 0.717) is 0 Å². The van der Waals surface area contributed by atoms with Crippen LogP contribution in [-0.2, 0) is 9.84 Å². The van der Waals surface area contributed by atoms with Crippen LogP contribution < -0.4 is 0 Å². The first kappa shape index (κ1) is 14.3. The van der Waals surface area contributed by atoms with Gasteiger partial charge in [-0.1, -0.05) is 60.7 Å². The number of halogens is 1. The Hall–Kier alpha value is -1.32. The van der Waals surface area contributed by atoms with Crippen LogP contribution in [0.5, 0.6) is 0 Å². The van der Waals surface area contributed by atoms with Crippen molar-refractivity contribution in [2.24, 2.45) is 11.8 Å². The average Bonchev–Trinajstić information content (AvgIpc) is 2.51. The van der Waals surface area contributed by atoms with Crippen LogP contribution in [0.15, 0.2) is 60.7 Å². The largest absolute Gasteiger partial charge is 0.227 e. The van der Waals surface area contributed by atoms with E-state index in [-0.39, 0.29) is 29.4 Å². The molecule has 3 aliphatic rings. The molecule has 2 aromatic carbocycles. The molecule has 3 fully saturated rings. The van der Waals surface area contributed by atoms with Gasteiger partial charge in [0.1, 0.15) is 4.71 Å². The molecule has 0 amide bonds. The zero-order valence-corrected chi connectivity index (χ0v) is 13.5. The highest BCUT2D eigenvalue weighted by atomic mass is 35.5. The minimum absolute atomic E-state index is 0.0322. The molecule has 1 aliphatic carbocycles. The van der Waals surface area contributed by atoms with E-state index in [4.69, 9.17) is 11.6 Å². The van der Waals surface area contributed by atoms with Crippen molar-refractivity contribution in [1.29, 1.82) is 0 Å². The predicted octanol–water partition coefficient (Wildman–Crippen LogP) is 3.79. The van der Waals surface area contributed by atoms with Crippen molar-refractivity contribution in [1.82, 2.24) is 0 Å². The summed E-state index contributed by atoms with van der Waals surface area (Å²) in [5.74, 6) is 0.788. The second kappa shape index (κ2) is 5.10. The highest BCUT2D eigenvalue weighted by Crippen LogP contribution is 2.64. The third-order valence-electron chi connectivity index (χ3n) is 5.19. The van der Waals surface area contributed by atoms with Gasteiger partial charge in [-0.25, -0.2) is 8.42 Å². The predicted molar refractivity (Wildman–Crippen MR) is 88.8 cm³/mol. The van der Waals surface area contributed by atoms with Crippen LogP contribution in [0.1, 0.15) is 23.0 Å². The van der Waals surface area contributed by atoms with Crippen molar-refractivity contribution < 1.29 is 8.42 Å². The van der Waals surface area contributed by atoms with Crippen molar-refractivity contribution >= 4 is 21.4 Å². The van der Waals surface area contributed by atoms with Gasteiger partial charge < -0.3 is 0 Å². The minimum Gasteiger partial charge on any atom is -0.227 e. The Balaban J connectivity index is 1.76. The van der Waals surface area contributed by atoms with Crippen molar-refractivity contribution in [3.63, 3.8) is 0 Å². The lowest BCUT2D eigenvalue weighted by atomic mass is 9.53. The lowest BCUT2D eigenvalue weighted by Gasteiger charge is -2.58. The van der Waals surface area contributed by atoms with Crippen LogP contribution in [0.2, 0.25) is 0 Å². The number of hydrogen-bond acceptors (Lipinski definition) is 2. The number of rotatable bonds is 2. The highest BCUT2D eigenvalue weighted by Gasteiger charge is 2.62. The fourth-order valence-electron chi connectivity index (χ4n) is 4.29. The van der Waals surface area contributed by atoms with Gasteiger partial charge >= 0.3 is 0 Å². The standard InChI is InChI=1S/C18H17ClO2S/c19-18-17-15(12-7-3-1-4-8-12)14(11-22(18,20)21)16(17)13-9-5-2-6-10-13/h1-10,14-18H,11H2/t14?,15-,16+,17?,18-/m0/s1. The van der Waals surface area contributed by atoms with E-state index in [9.17, 15) is 8.42 Å². The molecule has 2 saturated heterocycles. The Morgan fingerprint density at radius 1 is 0.818 bits per heavy atom. The van der Waals surface area contributed by atoms with Crippen molar-refractivity contribution in [2.75, 3.05) is 5.75 Å². The SMILES string of the molecule is O=S1(=O)CC2[C@@H](c3ccccc3)C([C@H]2c2ccccc2)[C@H]1Cl. The fraction of sp³-hybridized carbons (Fsp3) is 0.333. The van der Waals surface area contributed by atoms with Gasteiger partial charge in [-0.2, -0.15) is 0 Å². The van der Waals surface area contributed by atoms with E-state index in [1.54, 1.807) is 0 Å². The molecule has 114 valence electrons. The molecule has 5 rings (SSSR count). The third-order valence-corrected chi connectivity index (χ3v) is 8.15. The Morgan fingerprint density at radius 2 is 1.27 bits per heavy atom. The molecule has 0 radical (unpaired) electrons. The van der Waals surface area contributed by atoms with E-state index in [1.165, 1.54) is 11.1 Å². The van der Waals surface area contributed by atoms with Crippen LogP contribution in [0.25, 0.3) is 0 Å². The lowest BCUT2D eigenvalue weighted by molar-refractivity contribution is 0.108. The molecule has 2 heterocycles. The Bertz CT molecular complexity index is 726. The number of fused-ring (bicyclic) bond motifs is 2. The summed E-state index contributed by atoms with van der Waals surface area (Å²) < 4.78 is 23.7. The number of sulfone groups is 1. The van der Waals surface area contributed by atoms with Gasteiger partial charge in [0.25, 0.3) is 0 Å². The van der Waals surface area contributed by atoms with E-state index < -0.39 is 14.5 Å². The average molecular weight is 333 g/mol. The normalized spacial score (nSPS) is 35.6. The second-order valence-electron chi connectivity index (χ2n) is 6.29. The third kappa shape index (κ3) is 2.03. The summed E-state index contributed by atoms with van der Waals surface area (Å²) >= 11 is 6.40. The maximum atomic E-state index is 12.2. The molecular formula is C18H17ClO2S. The van der Waals surface area contributed by atoms with Gasteiger partial charge in [-0.3, -0.25) is 0 Å². The van der Waals surface area contributed by atoms with Gasteiger partial charge in [0, 0.05) is 5.92 Å². The van der Waals surface area contributed by atoms with Gasteiger partial charge in [-0.05, 0) is 28.9 Å². The van der Waals surface area contributed by atoms with Crippen molar-refractivity contribution in [3.05, 3.63) is 71.8 Å². The molecule has 1 saturated carbocycles. The molecule has 5 atom stereocenters. The molecule has 4 heteroatoms. The molecule has 2 aliphatic heterocycles. The molecule has 2 aromatic rings.